The monoisotopic (exact) mass is 212 g/mol. The SMILES string of the molecule is Cc1ccc(CCCC=O)c2ccccc12. The van der Waals surface area contributed by atoms with Gasteiger partial charge in [-0.1, -0.05) is 36.4 Å². The molecule has 2 rings (SSSR count). The zero-order valence-electron chi connectivity index (χ0n) is 9.57. The molecule has 0 aliphatic carbocycles. The maximum atomic E-state index is 10.3. The Bertz CT molecular complexity index is 500. The number of hydrogen-bond acceptors (Lipinski definition) is 1. The van der Waals surface area contributed by atoms with Crippen molar-refractivity contribution in [1.29, 1.82) is 0 Å². The van der Waals surface area contributed by atoms with E-state index in [1.165, 1.54) is 21.9 Å². The van der Waals surface area contributed by atoms with E-state index in [1.807, 2.05) is 0 Å². The molecule has 0 aromatic heterocycles. The standard InChI is InChI=1S/C15H16O/c1-12-9-10-13(6-4-5-11-16)15-8-3-2-7-14(12)15/h2-3,7-11H,4-6H2,1H3. The molecule has 0 saturated carbocycles. The quantitative estimate of drug-likeness (QED) is 0.558. The van der Waals surface area contributed by atoms with Crippen LogP contribution in [0.1, 0.15) is 24.0 Å². The summed E-state index contributed by atoms with van der Waals surface area (Å²) in [4.78, 5) is 10.3. The van der Waals surface area contributed by atoms with E-state index in [1.54, 1.807) is 0 Å². The summed E-state index contributed by atoms with van der Waals surface area (Å²) >= 11 is 0. The fraction of sp³-hybridized carbons (Fsp3) is 0.267. The highest BCUT2D eigenvalue weighted by atomic mass is 16.1. The van der Waals surface area contributed by atoms with Gasteiger partial charge in [0.2, 0.25) is 0 Å². The van der Waals surface area contributed by atoms with Crippen molar-refractivity contribution in [2.45, 2.75) is 26.2 Å². The predicted octanol–water partition coefficient (Wildman–Crippen LogP) is 3.67. The predicted molar refractivity (Wildman–Crippen MR) is 67.7 cm³/mol. The van der Waals surface area contributed by atoms with Crippen molar-refractivity contribution in [2.24, 2.45) is 0 Å². The fourth-order valence-electron chi connectivity index (χ4n) is 2.11. The largest absolute Gasteiger partial charge is 0.303 e. The molecule has 0 radical (unpaired) electrons. The molecule has 0 atom stereocenters. The summed E-state index contributed by atoms with van der Waals surface area (Å²) in [5.74, 6) is 0. The van der Waals surface area contributed by atoms with E-state index >= 15 is 0 Å². The molecule has 0 aliphatic rings. The fourth-order valence-corrected chi connectivity index (χ4v) is 2.11. The van der Waals surface area contributed by atoms with E-state index in [0.717, 1.165) is 19.1 Å². The van der Waals surface area contributed by atoms with Crippen LogP contribution in [0.25, 0.3) is 10.8 Å². The molecule has 0 unspecified atom stereocenters. The van der Waals surface area contributed by atoms with E-state index in [9.17, 15) is 4.79 Å². The molecule has 2 aromatic carbocycles. The Morgan fingerprint density at radius 3 is 2.56 bits per heavy atom. The molecule has 2 aromatic rings. The molecule has 0 aliphatic heterocycles. The van der Waals surface area contributed by atoms with Gasteiger partial charge in [-0.2, -0.15) is 0 Å². The molecule has 1 nitrogen and oxygen atoms in total. The second kappa shape index (κ2) is 4.93. The molecule has 0 amide bonds. The van der Waals surface area contributed by atoms with Crippen molar-refractivity contribution < 1.29 is 4.79 Å². The van der Waals surface area contributed by atoms with Gasteiger partial charge >= 0.3 is 0 Å². The van der Waals surface area contributed by atoms with E-state index < -0.39 is 0 Å². The van der Waals surface area contributed by atoms with Crippen LogP contribution in [0.4, 0.5) is 0 Å². The van der Waals surface area contributed by atoms with Crippen molar-refractivity contribution in [3.05, 3.63) is 47.5 Å². The van der Waals surface area contributed by atoms with Crippen LogP contribution in [0.15, 0.2) is 36.4 Å². The van der Waals surface area contributed by atoms with E-state index in [4.69, 9.17) is 0 Å². The van der Waals surface area contributed by atoms with Crippen LogP contribution >= 0.6 is 0 Å². The van der Waals surface area contributed by atoms with E-state index in [2.05, 4.69) is 43.3 Å². The highest BCUT2D eigenvalue weighted by Gasteiger charge is 2.02. The lowest BCUT2D eigenvalue weighted by molar-refractivity contribution is -0.107. The minimum atomic E-state index is 0.655. The Morgan fingerprint density at radius 2 is 1.81 bits per heavy atom. The topological polar surface area (TPSA) is 17.1 Å². The maximum absolute atomic E-state index is 10.3. The van der Waals surface area contributed by atoms with Gasteiger partial charge in [0, 0.05) is 6.42 Å². The Labute approximate surface area is 96.1 Å². The highest BCUT2D eigenvalue weighted by molar-refractivity contribution is 5.88. The first kappa shape index (κ1) is 10.9. The first-order valence-corrected chi connectivity index (χ1v) is 5.74. The molecule has 0 N–H and O–H groups in total. The van der Waals surface area contributed by atoms with Crippen LogP contribution in [-0.2, 0) is 11.2 Å². The van der Waals surface area contributed by atoms with Gasteiger partial charge in [0.25, 0.3) is 0 Å². The van der Waals surface area contributed by atoms with E-state index in [-0.39, 0.29) is 0 Å². The zero-order valence-corrected chi connectivity index (χ0v) is 9.57. The minimum absolute atomic E-state index is 0.655. The minimum Gasteiger partial charge on any atom is -0.303 e. The highest BCUT2D eigenvalue weighted by Crippen LogP contribution is 2.23. The van der Waals surface area contributed by atoms with Gasteiger partial charge in [0.1, 0.15) is 6.29 Å². The Hall–Kier alpha value is -1.63. The second-order valence-corrected chi connectivity index (χ2v) is 4.15. The first-order valence-electron chi connectivity index (χ1n) is 5.74. The Morgan fingerprint density at radius 1 is 1.06 bits per heavy atom. The van der Waals surface area contributed by atoms with Crippen molar-refractivity contribution in [3.63, 3.8) is 0 Å². The van der Waals surface area contributed by atoms with Crippen molar-refractivity contribution in [1.82, 2.24) is 0 Å². The normalized spacial score (nSPS) is 10.6. The summed E-state index contributed by atoms with van der Waals surface area (Å²) in [5, 5.41) is 2.65. The van der Waals surface area contributed by atoms with Crippen LogP contribution in [-0.4, -0.2) is 6.29 Å². The summed E-state index contributed by atoms with van der Waals surface area (Å²) in [5.41, 5.74) is 2.66. The molecule has 0 spiro atoms. The van der Waals surface area contributed by atoms with Crippen LogP contribution in [0.2, 0.25) is 0 Å². The molecule has 16 heavy (non-hydrogen) atoms. The van der Waals surface area contributed by atoms with Gasteiger partial charge in [0.15, 0.2) is 0 Å². The number of aldehydes is 1. The first-order chi connectivity index (χ1) is 7.83. The zero-order chi connectivity index (χ0) is 11.4. The van der Waals surface area contributed by atoms with Crippen molar-refractivity contribution in [3.8, 4) is 0 Å². The van der Waals surface area contributed by atoms with Gasteiger partial charge in [-0.15, -0.1) is 0 Å². The van der Waals surface area contributed by atoms with Crippen LogP contribution in [0, 0.1) is 6.92 Å². The Balaban J connectivity index is 2.38. The maximum Gasteiger partial charge on any atom is 0.120 e. The van der Waals surface area contributed by atoms with Crippen molar-refractivity contribution >= 4 is 17.1 Å². The summed E-state index contributed by atoms with van der Waals surface area (Å²) in [6.45, 7) is 2.14. The van der Waals surface area contributed by atoms with Crippen molar-refractivity contribution in [2.75, 3.05) is 0 Å². The third-order valence-electron chi connectivity index (χ3n) is 3.00. The Kier molecular flexibility index (Phi) is 3.35. The lowest BCUT2D eigenvalue weighted by atomic mass is 9.97. The molecule has 0 heterocycles. The third-order valence-corrected chi connectivity index (χ3v) is 3.00. The molecular formula is C15H16O. The number of fused-ring (bicyclic) bond motifs is 1. The number of rotatable bonds is 4. The summed E-state index contributed by atoms with van der Waals surface area (Å²) < 4.78 is 0. The molecule has 0 fully saturated rings. The molecule has 0 bridgehead atoms. The number of carbonyl (C=O) groups excluding carboxylic acids is 1. The van der Waals surface area contributed by atoms with E-state index in [0.29, 0.717) is 6.42 Å². The second-order valence-electron chi connectivity index (χ2n) is 4.15. The van der Waals surface area contributed by atoms with Crippen LogP contribution < -0.4 is 0 Å². The summed E-state index contributed by atoms with van der Waals surface area (Å²) in [6.07, 6.45) is 3.58. The average Bonchev–Trinajstić information content (AvgIpc) is 2.33. The molecule has 1 heteroatoms. The van der Waals surface area contributed by atoms with Gasteiger partial charge in [0.05, 0.1) is 0 Å². The smallest absolute Gasteiger partial charge is 0.120 e. The lowest BCUT2D eigenvalue weighted by Gasteiger charge is -2.08. The van der Waals surface area contributed by atoms with Gasteiger partial charge < -0.3 is 4.79 Å². The molecule has 82 valence electrons. The summed E-state index contributed by atoms with van der Waals surface area (Å²) in [6, 6.07) is 12.8. The lowest BCUT2D eigenvalue weighted by Crippen LogP contribution is -1.90. The number of carbonyl (C=O) groups is 1. The molecular weight excluding hydrogens is 196 g/mol. The van der Waals surface area contributed by atoms with Gasteiger partial charge in [-0.05, 0) is 41.7 Å². The average molecular weight is 212 g/mol. The van der Waals surface area contributed by atoms with Gasteiger partial charge in [-0.3, -0.25) is 0 Å². The third kappa shape index (κ3) is 2.13. The molecule has 0 saturated heterocycles. The summed E-state index contributed by atoms with van der Waals surface area (Å²) in [7, 11) is 0. The van der Waals surface area contributed by atoms with Crippen LogP contribution in [0.3, 0.4) is 0 Å². The number of hydrogen-bond donors (Lipinski definition) is 0. The number of unbranched alkanes of at least 4 members (excludes halogenated alkanes) is 1. The number of benzene rings is 2. The van der Waals surface area contributed by atoms with Crippen LogP contribution in [0.5, 0.6) is 0 Å². The number of aryl methyl sites for hydroxylation is 2. The van der Waals surface area contributed by atoms with Gasteiger partial charge in [-0.25, -0.2) is 0 Å².